The van der Waals surface area contributed by atoms with Crippen molar-refractivity contribution in [3.63, 3.8) is 0 Å². The van der Waals surface area contributed by atoms with Crippen molar-refractivity contribution >= 4 is 23.5 Å². The van der Waals surface area contributed by atoms with E-state index in [9.17, 15) is 0 Å². The summed E-state index contributed by atoms with van der Waals surface area (Å²) in [5, 5.41) is 0.875. The van der Waals surface area contributed by atoms with E-state index in [0.29, 0.717) is 10.5 Å². The number of hydrogen-bond donors (Lipinski definition) is 0. The van der Waals surface area contributed by atoms with E-state index in [0.717, 1.165) is 12.8 Å². The second kappa shape index (κ2) is 8.06. The lowest BCUT2D eigenvalue weighted by Gasteiger charge is -2.27. The molecule has 4 heteroatoms. The van der Waals surface area contributed by atoms with E-state index in [4.69, 9.17) is 9.47 Å². The standard InChI is InChI=1S/C24H30O2S2/c1-23(2)21(27-17-11-7-5-8-12-17)15-19(25-23)20-16-22(24(3,4)26-20)28-18-13-9-6-10-14-18/h5-14,19-22H,15-16H2,1-4H3/t19-,20-,21+,22+/m1/s1. The minimum atomic E-state index is -0.149. The van der Waals surface area contributed by atoms with Gasteiger partial charge in [-0.15, -0.1) is 23.5 Å². The monoisotopic (exact) mass is 414 g/mol. The lowest BCUT2D eigenvalue weighted by molar-refractivity contribution is -0.109. The fraction of sp³-hybridized carbons (Fsp3) is 0.500. The van der Waals surface area contributed by atoms with Crippen molar-refractivity contribution < 1.29 is 9.47 Å². The molecule has 0 aliphatic carbocycles. The lowest BCUT2D eigenvalue weighted by Crippen LogP contribution is -2.33. The van der Waals surface area contributed by atoms with E-state index in [1.54, 1.807) is 0 Å². The van der Waals surface area contributed by atoms with Gasteiger partial charge in [0.1, 0.15) is 0 Å². The van der Waals surface area contributed by atoms with Crippen LogP contribution >= 0.6 is 23.5 Å². The number of thioether (sulfide) groups is 2. The van der Waals surface area contributed by atoms with Gasteiger partial charge in [0.05, 0.1) is 23.4 Å². The van der Waals surface area contributed by atoms with E-state index in [1.165, 1.54) is 9.79 Å². The summed E-state index contributed by atoms with van der Waals surface area (Å²) in [6.45, 7) is 8.90. The van der Waals surface area contributed by atoms with Crippen LogP contribution < -0.4 is 0 Å². The second-order valence-electron chi connectivity index (χ2n) is 8.83. The summed E-state index contributed by atoms with van der Waals surface area (Å²) in [4.78, 5) is 2.63. The maximum Gasteiger partial charge on any atom is 0.0857 e. The third-order valence-corrected chi connectivity index (χ3v) is 8.99. The largest absolute Gasteiger partial charge is 0.368 e. The van der Waals surface area contributed by atoms with Crippen LogP contribution in [0.4, 0.5) is 0 Å². The Kier molecular flexibility index (Phi) is 5.85. The maximum absolute atomic E-state index is 6.55. The van der Waals surface area contributed by atoms with Crippen molar-refractivity contribution in [2.45, 2.75) is 84.2 Å². The summed E-state index contributed by atoms with van der Waals surface area (Å²) in [6.07, 6.45) is 2.40. The number of benzene rings is 2. The van der Waals surface area contributed by atoms with E-state index in [-0.39, 0.29) is 23.4 Å². The highest BCUT2D eigenvalue weighted by atomic mass is 32.2. The Bertz CT molecular complexity index is 708. The molecule has 2 aromatic carbocycles. The van der Waals surface area contributed by atoms with E-state index in [1.807, 2.05) is 23.5 Å². The fourth-order valence-electron chi connectivity index (χ4n) is 4.18. The molecule has 0 N–H and O–H groups in total. The van der Waals surface area contributed by atoms with Crippen molar-refractivity contribution in [2.75, 3.05) is 0 Å². The maximum atomic E-state index is 6.55. The van der Waals surface area contributed by atoms with Gasteiger partial charge in [0.15, 0.2) is 0 Å². The van der Waals surface area contributed by atoms with Gasteiger partial charge in [0, 0.05) is 20.3 Å². The Morgan fingerprint density at radius 3 is 1.36 bits per heavy atom. The summed E-state index contributed by atoms with van der Waals surface area (Å²) in [6, 6.07) is 21.3. The molecule has 0 amide bonds. The van der Waals surface area contributed by atoms with Gasteiger partial charge in [-0.3, -0.25) is 0 Å². The van der Waals surface area contributed by atoms with Crippen LogP contribution in [0, 0.1) is 0 Å². The van der Waals surface area contributed by atoms with Gasteiger partial charge >= 0.3 is 0 Å². The molecule has 0 unspecified atom stereocenters. The van der Waals surface area contributed by atoms with Gasteiger partial charge in [-0.25, -0.2) is 0 Å². The van der Waals surface area contributed by atoms with Crippen LogP contribution in [0.25, 0.3) is 0 Å². The molecule has 2 aliphatic heterocycles. The quantitative estimate of drug-likeness (QED) is 0.560. The first-order chi connectivity index (χ1) is 13.3. The summed E-state index contributed by atoms with van der Waals surface area (Å²) < 4.78 is 13.1. The van der Waals surface area contributed by atoms with Gasteiger partial charge in [-0.2, -0.15) is 0 Å². The molecule has 0 spiro atoms. The van der Waals surface area contributed by atoms with Gasteiger partial charge in [0.25, 0.3) is 0 Å². The third-order valence-electron chi connectivity index (χ3n) is 5.81. The van der Waals surface area contributed by atoms with Crippen molar-refractivity contribution in [2.24, 2.45) is 0 Å². The van der Waals surface area contributed by atoms with Crippen molar-refractivity contribution in [1.82, 2.24) is 0 Å². The summed E-state index contributed by atoms with van der Waals surface area (Å²) in [5.41, 5.74) is -0.299. The summed E-state index contributed by atoms with van der Waals surface area (Å²) in [7, 11) is 0. The molecule has 4 rings (SSSR count). The molecule has 4 atom stereocenters. The highest BCUT2D eigenvalue weighted by Gasteiger charge is 2.51. The number of ether oxygens (including phenoxy) is 2. The molecular formula is C24H30O2S2. The molecule has 2 aliphatic rings. The molecule has 28 heavy (non-hydrogen) atoms. The molecule has 2 fully saturated rings. The zero-order chi connectivity index (χ0) is 19.8. The Hall–Kier alpha value is -0.940. The molecule has 2 nitrogen and oxygen atoms in total. The first-order valence-electron chi connectivity index (χ1n) is 10.1. The summed E-state index contributed by atoms with van der Waals surface area (Å²) in [5.74, 6) is 0. The van der Waals surface area contributed by atoms with E-state index < -0.39 is 0 Å². The van der Waals surface area contributed by atoms with Gasteiger partial charge in [-0.05, 0) is 64.8 Å². The van der Waals surface area contributed by atoms with Crippen molar-refractivity contribution in [3.8, 4) is 0 Å². The highest BCUT2D eigenvalue weighted by Crippen LogP contribution is 2.48. The van der Waals surface area contributed by atoms with Crippen LogP contribution in [0.2, 0.25) is 0 Å². The highest BCUT2D eigenvalue weighted by molar-refractivity contribution is 8.00. The topological polar surface area (TPSA) is 18.5 Å². The van der Waals surface area contributed by atoms with Crippen LogP contribution in [0.5, 0.6) is 0 Å². The fourth-order valence-corrected chi connectivity index (χ4v) is 6.72. The first kappa shape index (κ1) is 20.3. The zero-order valence-corrected chi connectivity index (χ0v) is 18.8. The average Bonchev–Trinajstić information content (AvgIpc) is 3.12. The Morgan fingerprint density at radius 2 is 1.00 bits per heavy atom. The lowest BCUT2D eigenvalue weighted by atomic mass is 10.0. The predicted octanol–water partition coefficient (Wildman–Crippen LogP) is 6.44. The Labute approximate surface area is 177 Å². The van der Waals surface area contributed by atoms with Gasteiger partial charge in [-0.1, -0.05) is 36.4 Å². The molecule has 2 saturated heterocycles. The van der Waals surface area contributed by atoms with Crippen LogP contribution in [-0.2, 0) is 9.47 Å². The van der Waals surface area contributed by atoms with Gasteiger partial charge < -0.3 is 9.47 Å². The molecule has 150 valence electrons. The first-order valence-corrected chi connectivity index (χ1v) is 11.9. The Morgan fingerprint density at radius 1 is 0.643 bits per heavy atom. The van der Waals surface area contributed by atoms with Crippen molar-refractivity contribution in [3.05, 3.63) is 60.7 Å². The third kappa shape index (κ3) is 4.46. The SMILES string of the molecule is CC1(C)O[C@@H]([C@H]2C[C@H](Sc3ccccc3)C(C)(C)O2)C[C@@H]1Sc1ccccc1. The smallest absolute Gasteiger partial charge is 0.0857 e. The normalized spacial score (nSPS) is 31.1. The van der Waals surface area contributed by atoms with Crippen molar-refractivity contribution in [1.29, 1.82) is 0 Å². The minimum absolute atomic E-state index is 0.149. The predicted molar refractivity (Wildman–Crippen MR) is 119 cm³/mol. The molecular weight excluding hydrogens is 384 g/mol. The van der Waals surface area contributed by atoms with Crippen LogP contribution in [-0.4, -0.2) is 33.9 Å². The van der Waals surface area contributed by atoms with Crippen LogP contribution in [0.3, 0.4) is 0 Å². The summed E-state index contributed by atoms with van der Waals surface area (Å²) >= 11 is 3.88. The Balaban J connectivity index is 1.43. The number of rotatable bonds is 5. The molecule has 0 saturated carbocycles. The molecule has 0 bridgehead atoms. The molecule has 2 heterocycles. The molecule has 0 radical (unpaired) electrons. The molecule has 2 aromatic rings. The molecule has 0 aromatic heterocycles. The van der Waals surface area contributed by atoms with E-state index >= 15 is 0 Å². The average molecular weight is 415 g/mol. The zero-order valence-electron chi connectivity index (χ0n) is 17.1. The minimum Gasteiger partial charge on any atom is -0.368 e. The van der Waals surface area contributed by atoms with Gasteiger partial charge in [0.2, 0.25) is 0 Å². The van der Waals surface area contributed by atoms with Crippen LogP contribution in [0.15, 0.2) is 70.5 Å². The second-order valence-corrected chi connectivity index (χ2v) is 11.4. The van der Waals surface area contributed by atoms with Crippen LogP contribution in [0.1, 0.15) is 40.5 Å². The number of hydrogen-bond acceptors (Lipinski definition) is 4. The van der Waals surface area contributed by atoms with E-state index in [2.05, 4.69) is 88.4 Å².